The lowest BCUT2D eigenvalue weighted by Crippen LogP contribution is -2.36. The van der Waals surface area contributed by atoms with Crippen molar-refractivity contribution in [3.8, 4) is 0 Å². The van der Waals surface area contributed by atoms with Crippen LogP contribution in [0.5, 0.6) is 0 Å². The highest BCUT2D eigenvalue weighted by atomic mass is 79.9. The van der Waals surface area contributed by atoms with Gasteiger partial charge in [0.25, 0.3) is 5.91 Å². The van der Waals surface area contributed by atoms with Gasteiger partial charge in [-0.15, -0.1) is 0 Å². The van der Waals surface area contributed by atoms with Gasteiger partial charge in [0.05, 0.1) is 0 Å². The lowest BCUT2D eigenvalue weighted by Gasteiger charge is -2.12. The second-order valence-corrected chi connectivity index (χ2v) is 4.15. The Bertz CT molecular complexity index is 350. The van der Waals surface area contributed by atoms with E-state index in [9.17, 15) is 4.79 Å². The molecule has 1 N–H and O–H groups in total. The van der Waals surface area contributed by atoms with Gasteiger partial charge in [0.2, 0.25) is 0 Å². The molecule has 0 bridgehead atoms. The third-order valence-corrected chi connectivity index (χ3v) is 2.61. The summed E-state index contributed by atoms with van der Waals surface area (Å²) in [5, 5.41) is 1.62. The number of carbonyl (C=O) groups is 1. The molecule has 0 heterocycles. The Kier molecular flexibility index (Phi) is 3.66. The Balaban J connectivity index is 2.86. The Morgan fingerprint density at radius 2 is 2.07 bits per heavy atom. The third-order valence-electron chi connectivity index (χ3n) is 1.76. The lowest BCUT2D eigenvalue weighted by molar-refractivity contribution is 0.0857. The van der Waals surface area contributed by atoms with Crippen LogP contribution in [0.2, 0.25) is 0 Å². The Morgan fingerprint density at radius 3 is 2.57 bits per heavy atom. The molecule has 0 unspecified atom stereocenters. The van der Waals surface area contributed by atoms with Crippen LogP contribution < -0.4 is 5.43 Å². The average Bonchev–Trinajstić information content (AvgIpc) is 2.08. The smallest absolute Gasteiger partial charge is 0.265 e. The van der Waals surface area contributed by atoms with Crippen molar-refractivity contribution in [3.05, 3.63) is 33.8 Å². The first-order valence-corrected chi connectivity index (χ1v) is 5.04. The molecule has 1 aromatic rings. The minimum Gasteiger partial charge on any atom is -0.285 e. The molecule has 0 saturated heterocycles. The zero-order valence-corrected chi connectivity index (χ0v) is 10.1. The first kappa shape index (κ1) is 11.2. The summed E-state index contributed by atoms with van der Waals surface area (Å²) < 4.78 is 0.948. The molecule has 0 atom stereocenters. The fraction of sp³-hybridized carbons (Fsp3) is 0.300. The van der Waals surface area contributed by atoms with E-state index in [2.05, 4.69) is 21.4 Å². The number of nitrogens with one attached hydrogen (secondary N) is 1. The molecule has 76 valence electrons. The van der Waals surface area contributed by atoms with Crippen LogP contribution in [-0.2, 0) is 0 Å². The van der Waals surface area contributed by atoms with Crippen molar-refractivity contribution >= 4 is 21.8 Å². The van der Waals surface area contributed by atoms with Crippen LogP contribution in [0.3, 0.4) is 0 Å². The monoisotopic (exact) mass is 256 g/mol. The molecule has 1 amide bonds. The van der Waals surface area contributed by atoms with E-state index in [0.29, 0.717) is 5.56 Å². The Labute approximate surface area is 92.2 Å². The summed E-state index contributed by atoms with van der Waals surface area (Å²) in [6, 6.07) is 5.53. The molecule has 3 nitrogen and oxygen atoms in total. The summed E-state index contributed by atoms with van der Waals surface area (Å²) in [4.78, 5) is 11.5. The van der Waals surface area contributed by atoms with Crippen LogP contribution in [0.1, 0.15) is 15.9 Å². The SMILES string of the molecule is Cc1ccc(C(=O)NN(C)C)cc1Br. The summed E-state index contributed by atoms with van der Waals surface area (Å²) in [6.45, 7) is 1.98. The van der Waals surface area contributed by atoms with Crippen molar-refractivity contribution in [2.45, 2.75) is 6.92 Å². The highest BCUT2D eigenvalue weighted by Crippen LogP contribution is 2.17. The van der Waals surface area contributed by atoms with Gasteiger partial charge < -0.3 is 0 Å². The number of hydrazine groups is 1. The van der Waals surface area contributed by atoms with Crippen molar-refractivity contribution in [1.29, 1.82) is 0 Å². The number of hydrogen-bond donors (Lipinski definition) is 1. The Morgan fingerprint density at radius 1 is 1.43 bits per heavy atom. The van der Waals surface area contributed by atoms with Gasteiger partial charge in [-0.25, -0.2) is 5.01 Å². The summed E-state index contributed by atoms with van der Waals surface area (Å²) in [5.41, 5.74) is 4.45. The molecule has 0 aliphatic rings. The maximum atomic E-state index is 11.5. The number of rotatable bonds is 2. The standard InChI is InChI=1S/C10H13BrN2O/c1-7-4-5-8(6-9(7)11)10(14)12-13(2)3/h4-6H,1-3H3,(H,12,14). The van der Waals surface area contributed by atoms with E-state index >= 15 is 0 Å². The van der Waals surface area contributed by atoms with Gasteiger partial charge in [-0.2, -0.15) is 0 Å². The highest BCUT2D eigenvalue weighted by molar-refractivity contribution is 9.10. The van der Waals surface area contributed by atoms with Gasteiger partial charge in [-0.3, -0.25) is 10.2 Å². The van der Waals surface area contributed by atoms with Gasteiger partial charge in [0.15, 0.2) is 0 Å². The molecule has 1 rings (SSSR count). The molecule has 14 heavy (non-hydrogen) atoms. The topological polar surface area (TPSA) is 32.3 Å². The number of amides is 1. The van der Waals surface area contributed by atoms with Crippen molar-refractivity contribution in [3.63, 3.8) is 0 Å². The van der Waals surface area contributed by atoms with Crippen LogP contribution in [0.4, 0.5) is 0 Å². The predicted octanol–water partition coefficient (Wildman–Crippen LogP) is 1.96. The molecule has 1 aromatic carbocycles. The van der Waals surface area contributed by atoms with Gasteiger partial charge in [0, 0.05) is 24.1 Å². The predicted molar refractivity (Wildman–Crippen MR) is 60.0 cm³/mol. The van der Waals surface area contributed by atoms with E-state index in [1.807, 2.05) is 19.1 Å². The molecule has 0 aliphatic heterocycles. The van der Waals surface area contributed by atoms with Crippen LogP contribution >= 0.6 is 15.9 Å². The average molecular weight is 257 g/mol. The third kappa shape index (κ3) is 2.82. The number of aryl methyl sites for hydroxylation is 1. The maximum Gasteiger partial charge on any atom is 0.265 e. The largest absolute Gasteiger partial charge is 0.285 e. The summed E-state index contributed by atoms with van der Waals surface area (Å²) >= 11 is 3.39. The van der Waals surface area contributed by atoms with Gasteiger partial charge in [-0.1, -0.05) is 22.0 Å². The van der Waals surface area contributed by atoms with Gasteiger partial charge >= 0.3 is 0 Å². The lowest BCUT2D eigenvalue weighted by atomic mass is 10.1. The van der Waals surface area contributed by atoms with Crippen molar-refractivity contribution in [2.24, 2.45) is 0 Å². The molecular weight excluding hydrogens is 244 g/mol. The Hall–Kier alpha value is -0.870. The molecular formula is C10H13BrN2O. The van der Waals surface area contributed by atoms with Crippen LogP contribution in [0.15, 0.2) is 22.7 Å². The minimum absolute atomic E-state index is 0.101. The molecule has 0 aromatic heterocycles. The first-order chi connectivity index (χ1) is 6.50. The van der Waals surface area contributed by atoms with Gasteiger partial charge in [-0.05, 0) is 24.6 Å². The van der Waals surface area contributed by atoms with E-state index in [1.165, 1.54) is 0 Å². The van der Waals surface area contributed by atoms with Crippen molar-refractivity contribution in [1.82, 2.24) is 10.4 Å². The quantitative estimate of drug-likeness (QED) is 0.821. The fourth-order valence-corrected chi connectivity index (χ4v) is 1.38. The van der Waals surface area contributed by atoms with E-state index < -0.39 is 0 Å². The van der Waals surface area contributed by atoms with Crippen molar-refractivity contribution in [2.75, 3.05) is 14.1 Å². The molecule has 0 aliphatic carbocycles. The second-order valence-electron chi connectivity index (χ2n) is 3.30. The fourth-order valence-electron chi connectivity index (χ4n) is 1.00. The number of carbonyl (C=O) groups excluding carboxylic acids is 1. The number of halogens is 1. The molecule has 0 fully saturated rings. The molecule has 0 saturated carbocycles. The summed E-state index contributed by atoms with van der Waals surface area (Å²) in [6.07, 6.45) is 0. The summed E-state index contributed by atoms with van der Waals surface area (Å²) in [5.74, 6) is -0.101. The minimum atomic E-state index is -0.101. The van der Waals surface area contributed by atoms with E-state index in [4.69, 9.17) is 0 Å². The van der Waals surface area contributed by atoms with Crippen LogP contribution in [-0.4, -0.2) is 25.0 Å². The zero-order valence-electron chi connectivity index (χ0n) is 8.47. The van der Waals surface area contributed by atoms with Crippen LogP contribution in [0, 0.1) is 6.92 Å². The zero-order chi connectivity index (χ0) is 10.7. The number of benzene rings is 1. The van der Waals surface area contributed by atoms with Crippen LogP contribution in [0.25, 0.3) is 0 Å². The maximum absolute atomic E-state index is 11.5. The second kappa shape index (κ2) is 4.57. The summed E-state index contributed by atoms with van der Waals surface area (Å²) in [7, 11) is 3.56. The normalized spacial score (nSPS) is 10.4. The molecule has 4 heteroatoms. The van der Waals surface area contributed by atoms with E-state index in [0.717, 1.165) is 10.0 Å². The van der Waals surface area contributed by atoms with E-state index in [-0.39, 0.29) is 5.91 Å². The van der Waals surface area contributed by atoms with Gasteiger partial charge in [0.1, 0.15) is 0 Å². The van der Waals surface area contributed by atoms with Crippen molar-refractivity contribution < 1.29 is 4.79 Å². The van der Waals surface area contributed by atoms with E-state index in [1.54, 1.807) is 25.2 Å². The molecule has 0 spiro atoms. The first-order valence-electron chi connectivity index (χ1n) is 4.25. The number of hydrogen-bond acceptors (Lipinski definition) is 2. The molecule has 0 radical (unpaired) electrons. The number of nitrogens with zero attached hydrogens (tertiary/aromatic N) is 1. The highest BCUT2D eigenvalue weighted by Gasteiger charge is 2.06.